The molecule has 0 saturated carbocycles. The molecule has 90 valence electrons. The number of carboxylic acid groups (broad SMARTS) is 1. The van der Waals surface area contributed by atoms with Crippen molar-refractivity contribution in [3.63, 3.8) is 0 Å². The molecule has 1 heterocycles. The number of halogens is 1. The smallest absolute Gasteiger partial charge is 0.407 e. The first-order valence-corrected chi connectivity index (χ1v) is 6.38. The summed E-state index contributed by atoms with van der Waals surface area (Å²) in [4.78, 5) is 12.3. The summed E-state index contributed by atoms with van der Waals surface area (Å²) >= 11 is 3.62. The fourth-order valence-electron chi connectivity index (χ4n) is 1.98. The zero-order valence-electron chi connectivity index (χ0n) is 9.40. The zero-order valence-corrected chi connectivity index (χ0v) is 11.0. The van der Waals surface area contributed by atoms with Crippen LogP contribution in [0.3, 0.4) is 0 Å². The van der Waals surface area contributed by atoms with E-state index in [1.54, 1.807) is 0 Å². The van der Waals surface area contributed by atoms with Gasteiger partial charge in [0.2, 0.25) is 0 Å². The van der Waals surface area contributed by atoms with Gasteiger partial charge in [-0.1, -0.05) is 51.8 Å². The summed E-state index contributed by atoms with van der Waals surface area (Å²) in [6.45, 7) is 1.18. The number of piperidine rings is 1. The third-order valence-electron chi connectivity index (χ3n) is 2.98. The monoisotopic (exact) mass is 295 g/mol. The van der Waals surface area contributed by atoms with E-state index in [2.05, 4.69) is 28.1 Å². The lowest BCUT2D eigenvalue weighted by Crippen LogP contribution is -2.35. The number of hydrogen-bond donors (Lipinski definition) is 1. The SMILES string of the molecule is O=C(O)N1CCC(=C(Br)c2ccccc2)CC1. The van der Waals surface area contributed by atoms with Crippen molar-refractivity contribution in [3.05, 3.63) is 41.5 Å². The summed E-state index contributed by atoms with van der Waals surface area (Å²) in [6, 6.07) is 10.1. The largest absolute Gasteiger partial charge is 0.465 e. The first-order chi connectivity index (χ1) is 8.18. The van der Waals surface area contributed by atoms with Crippen LogP contribution in [-0.4, -0.2) is 29.2 Å². The summed E-state index contributed by atoms with van der Waals surface area (Å²) < 4.78 is 1.11. The van der Waals surface area contributed by atoms with E-state index in [-0.39, 0.29) is 0 Å². The summed E-state index contributed by atoms with van der Waals surface area (Å²) in [5.74, 6) is 0. The Hall–Kier alpha value is -1.29. The lowest BCUT2D eigenvalue weighted by molar-refractivity contribution is 0.142. The Kier molecular flexibility index (Phi) is 3.84. The van der Waals surface area contributed by atoms with Gasteiger partial charge in [0, 0.05) is 17.6 Å². The maximum absolute atomic E-state index is 10.8. The van der Waals surface area contributed by atoms with Crippen LogP contribution in [0.25, 0.3) is 4.48 Å². The molecule has 1 fully saturated rings. The third kappa shape index (κ3) is 2.88. The maximum atomic E-state index is 10.8. The molecule has 0 atom stereocenters. The second-order valence-electron chi connectivity index (χ2n) is 4.05. The van der Waals surface area contributed by atoms with Gasteiger partial charge < -0.3 is 10.0 Å². The van der Waals surface area contributed by atoms with Gasteiger partial charge in [-0.15, -0.1) is 0 Å². The summed E-state index contributed by atoms with van der Waals surface area (Å²) in [5.41, 5.74) is 2.46. The van der Waals surface area contributed by atoms with Gasteiger partial charge in [0.05, 0.1) is 0 Å². The Labute approximate surface area is 109 Å². The molecular weight excluding hydrogens is 282 g/mol. The van der Waals surface area contributed by atoms with Gasteiger partial charge in [0.25, 0.3) is 0 Å². The van der Waals surface area contributed by atoms with Gasteiger partial charge in [-0.25, -0.2) is 4.79 Å². The van der Waals surface area contributed by atoms with Crippen LogP contribution in [0.5, 0.6) is 0 Å². The minimum Gasteiger partial charge on any atom is -0.465 e. The molecule has 1 aliphatic heterocycles. The lowest BCUT2D eigenvalue weighted by Gasteiger charge is -2.26. The van der Waals surface area contributed by atoms with Crippen LogP contribution >= 0.6 is 15.9 Å². The Morgan fingerprint density at radius 1 is 1.18 bits per heavy atom. The van der Waals surface area contributed by atoms with E-state index in [0.29, 0.717) is 13.1 Å². The molecule has 1 aromatic carbocycles. The van der Waals surface area contributed by atoms with Crippen LogP contribution in [0.2, 0.25) is 0 Å². The second-order valence-corrected chi connectivity index (χ2v) is 4.85. The standard InChI is InChI=1S/C13H14BrNO2/c14-12(10-4-2-1-3-5-10)11-6-8-15(9-7-11)13(16)17/h1-5H,6-9H2,(H,16,17). The Balaban J connectivity index is 2.11. The molecule has 0 radical (unpaired) electrons. The van der Waals surface area contributed by atoms with Gasteiger partial charge in [-0.3, -0.25) is 0 Å². The van der Waals surface area contributed by atoms with E-state index in [1.807, 2.05) is 18.2 Å². The molecule has 0 aliphatic carbocycles. The number of hydrogen-bond acceptors (Lipinski definition) is 1. The third-order valence-corrected chi connectivity index (χ3v) is 3.99. The molecule has 0 bridgehead atoms. The zero-order chi connectivity index (χ0) is 12.3. The highest BCUT2D eigenvalue weighted by Gasteiger charge is 2.19. The molecule has 4 heteroatoms. The normalized spacial score (nSPS) is 15.8. The number of rotatable bonds is 1. The molecule has 2 rings (SSSR count). The van der Waals surface area contributed by atoms with E-state index in [4.69, 9.17) is 5.11 Å². The molecule has 3 nitrogen and oxygen atoms in total. The average molecular weight is 296 g/mol. The lowest BCUT2D eigenvalue weighted by atomic mass is 10.0. The van der Waals surface area contributed by atoms with E-state index in [0.717, 1.165) is 22.9 Å². The molecule has 1 N–H and O–H groups in total. The van der Waals surface area contributed by atoms with Crippen LogP contribution in [0.15, 0.2) is 35.9 Å². The predicted molar refractivity (Wildman–Crippen MR) is 71.1 cm³/mol. The van der Waals surface area contributed by atoms with Crippen molar-refractivity contribution in [1.82, 2.24) is 4.90 Å². The van der Waals surface area contributed by atoms with Gasteiger partial charge in [0.15, 0.2) is 0 Å². The minimum atomic E-state index is -0.820. The van der Waals surface area contributed by atoms with E-state index in [1.165, 1.54) is 10.5 Å². The molecule has 1 amide bonds. The van der Waals surface area contributed by atoms with Gasteiger partial charge in [0.1, 0.15) is 0 Å². The van der Waals surface area contributed by atoms with Crippen molar-refractivity contribution in [2.24, 2.45) is 0 Å². The average Bonchev–Trinajstić information content (AvgIpc) is 2.39. The fraction of sp³-hybridized carbons (Fsp3) is 0.308. The van der Waals surface area contributed by atoms with Gasteiger partial charge >= 0.3 is 6.09 Å². The van der Waals surface area contributed by atoms with Crippen molar-refractivity contribution in [2.75, 3.05) is 13.1 Å². The Bertz CT molecular complexity index is 432. The van der Waals surface area contributed by atoms with Crippen molar-refractivity contribution in [1.29, 1.82) is 0 Å². The molecule has 1 aliphatic rings. The van der Waals surface area contributed by atoms with Gasteiger partial charge in [-0.05, 0) is 18.4 Å². The van der Waals surface area contributed by atoms with Gasteiger partial charge in [-0.2, -0.15) is 0 Å². The first kappa shape index (κ1) is 12.2. The molecule has 0 unspecified atom stereocenters. The highest BCUT2D eigenvalue weighted by molar-refractivity contribution is 9.15. The quantitative estimate of drug-likeness (QED) is 0.860. The summed E-state index contributed by atoms with van der Waals surface area (Å²) in [6.07, 6.45) is 0.795. The topological polar surface area (TPSA) is 40.5 Å². The molecule has 1 aromatic rings. The predicted octanol–water partition coefficient (Wildman–Crippen LogP) is 3.57. The number of nitrogens with zero attached hydrogens (tertiary/aromatic N) is 1. The first-order valence-electron chi connectivity index (χ1n) is 5.59. The minimum absolute atomic E-state index is 0.590. The van der Waals surface area contributed by atoms with Crippen LogP contribution in [-0.2, 0) is 0 Å². The maximum Gasteiger partial charge on any atom is 0.407 e. The van der Waals surface area contributed by atoms with Crippen molar-refractivity contribution < 1.29 is 9.90 Å². The number of benzene rings is 1. The Morgan fingerprint density at radius 2 is 1.76 bits per heavy atom. The van der Waals surface area contributed by atoms with E-state index >= 15 is 0 Å². The highest BCUT2D eigenvalue weighted by Crippen LogP contribution is 2.31. The van der Waals surface area contributed by atoms with Crippen molar-refractivity contribution in [3.8, 4) is 0 Å². The molecule has 0 aromatic heterocycles. The molecule has 0 spiro atoms. The van der Waals surface area contributed by atoms with Crippen LogP contribution < -0.4 is 0 Å². The molecule has 17 heavy (non-hydrogen) atoms. The van der Waals surface area contributed by atoms with E-state index in [9.17, 15) is 4.79 Å². The van der Waals surface area contributed by atoms with E-state index < -0.39 is 6.09 Å². The number of likely N-dealkylation sites (tertiary alicyclic amines) is 1. The number of amides is 1. The van der Waals surface area contributed by atoms with Crippen LogP contribution in [0.4, 0.5) is 4.79 Å². The second kappa shape index (κ2) is 5.36. The highest BCUT2D eigenvalue weighted by atomic mass is 79.9. The summed E-state index contributed by atoms with van der Waals surface area (Å²) in [7, 11) is 0. The number of carbonyl (C=O) groups is 1. The molecular formula is C13H14BrNO2. The van der Waals surface area contributed by atoms with Crippen LogP contribution in [0, 0.1) is 0 Å². The van der Waals surface area contributed by atoms with Crippen molar-refractivity contribution in [2.45, 2.75) is 12.8 Å². The summed E-state index contributed by atoms with van der Waals surface area (Å²) in [5, 5.41) is 8.88. The van der Waals surface area contributed by atoms with Crippen molar-refractivity contribution >= 4 is 26.5 Å². The van der Waals surface area contributed by atoms with Crippen LogP contribution in [0.1, 0.15) is 18.4 Å². The fourth-order valence-corrected chi connectivity index (χ4v) is 2.64. The molecule has 1 saturated heterocycles. The Morgan fingerprint density at radius 3 is 2.29 bits per heavy atom.